The largest absolute Gasteiger partial charge is 0.477 e. The highest BCUT2D eigenvalue weighted by Crippen LogP contribution is 2.42. The van der Waals surface area contributed by atoms with Crippen molar-refractivity contribution in [3.05, 3.63) is 39.7 Å². The maximum absolute atomic E-state index is 14.0. The van der Waals surface area contributed by atoms with Crippen LogP contribution < -0.4 is 9.64 Å². The molecule has 0 atom stereocenters. The number of nitrogens with zero attached hydrogens (tertiary/aromatic N) is 2. The van der Waals surface area contributed by atoms with E-state index in [9.17, 15) is 14.7 Å². The molecule has 0 aromatic carbocycles. The summed E-state index contributed by atoms with van der Waals surface area (Å²) < 4.78 is 6.16. The first-order valence-corrected chi connectivity index (χ1v) is 14.2. The van der Waals surface area contributed by atoms with E-state index in [1.165, 1.54) is 11.3 Å². The zero-order valence-corrected chi connectivity index (χ0v) is 23.1. The van der Waals surface area contributed by atoms with Gasteiger partial charge < -0.3 is 14.7 Å². The van der Waals surface area contributed by atoms with Gasteiger partial charge in [-0.2, -0.15) is 0 Å². The highest BCUT2D eigenvalue weighted by molar-refractivity contribution is 7.14. The minimum Gasteiger partial charge on any atom is -0.477 e. The predicted molar refractivity (Wildman–Crippen MR) is 144 cm³/mol. The van der Waals surface area contributed by atoms with Crippen LogP contribution in [-0.4, -0.2) is 34.1 Å². The van der Waals surface area contributed by atoms with E-state index in [4.69, 9.17) is 4.74 Å². The summed E-state index contributed by atoms with van der Waals surface area (Å²) in [7, 11) is 0. The monoisotopic (exact) mass is 512 g/mol. The summed E-state index contributed by atoms with van der Waals surface area (Å²) in [5, 5.41) is 10.1. The van der Waals surface area contributed by atoms with Crippen molar-refractivity contribution in [3.8, 4) is 5.88 Å². The van der Waals surface area contributed by atoms with Crippen molar-refractivity contribution in [3.63, 3.8) is 0 Å². The van der Waals surface area contributed by atoms with Gasteiger partial charge in [0.15, 0.2) is 0 Å². The zero-order chi connectivity index (χ0) is 26.0. The Labute approximate surface area is 219 Å². The first-order valence-electron chi connectivity index (χ1n) is 13.3. The number of ether oxygens (including phenoxy) is 1. The Morgan fingerprint density at radius 1 is 1.06 bits per heavy atom. The van der Waals surface area contributed by atoms with Crippen molar-refractivity contribution in [2.45, 2.75) is 104 Å². The Balaban J connectivity index is 1.59. The van der Waals surface area contributed by atoms with Crippen molar-refractivity contribution in [1.82, 2.24) is 4.98 Å². The number of pyridine rings is 1. The molecule has 2 aliphatic rings. The van der Waals surface area contributed by atoms with Crippen molar-refractivity contribution in [2.75, 3.05) is 4.90 Å². The summed E-state index contributed by atoms with van der Waals surface area (Å²) in [5.41, 5.74) is 1.33. The van der Waals surface area contributed by atoms with Crippen molar-refractivity contribution < 1.29 is 19.4 Å². The topological polar surface area (TPSA) is 79.7 Å². The lowest BCUT2D eigenvalue weighted by molar-refractivity contribution is -0.124. The summed E-state index contributed by atoms with van der Waals surface area (Å²) >= 11 is 1.31. The van der Waals surface area contributed by atoms with Crippen LogP contribution in [0, 0.1) is 18.8 Å². The van der Waals surface area contributed by atoms with Gasteiger partial charge in [-0.15, -0.1) is 11.3 Å². The highest BCUT2D eigenvalue weighted by atomic mass is 32.1. The molecular formula is C29H40N2O4S. The molecule has 0 saturated heterocycles. The molecule has 0 unspecified atom stereocenters. The molecule has 6 nitrogen and oxygen atoms in total. The number of hydrogen-bond acceptors (Lipinski definition) is 5. The first-order chi connectivity index (χ1) is 17.0. The predicted octanol–water partition coefficient (Wildman–Crippen LogP) is 7.00. The fourth-order valence-corrected chi connectivity index (χ4v) is 6.50. The van der Waals surface area contributed by atoms with Crippen LogP contribution in [0.3, 0.4) is 0 Å². The summed E-state index contributed by atoms with van der Waals surface area (Å²) in [6.45, 7) is 10.5. The molecule has 36 heavy (non-hydrogen) atoms. The van der Waals surface area contributed by atoms with Crippen LogP contribution in [-0.2, 0) is 10.2 Å². The molecule has 1 amide bonds. The zero-order valence-electron chi connectivity index (χ0n) is 22.3. The second-order valence-corrected chi connectivity index (χ2v) is 12.8. The number of carbonyl (C=O) groups is 2. The van der Waals surface area contributed by atoms with Gasteiger partial charge in [0.2, 0.25) is 11.8 Å². The van der Waals surface area contributed by atoms with Crippen molar-refractivity contribution in [2.24, 2.45) is 11.8 Å². The number of aromatic nitrogens is 1. The molecule has 196 valence electrons. The summed E-state index contributed by atoms with van der Waals surface area (Å²) in [5.74, 6) is 0.402. The van der Waals surface area contributed by atoms with Crippen LogP contribution >= 0.6 is 11.3 Å². The molecule has 0 radical (unpaired) electrons. The molecule has 2 saturated carbocycles. The van der Waals surface area contributed by atoms with Crippen LogP contribution in [0.15, 0.2) is 24.3 Å². The van der Waals surface area contributed by atoms with Gasteiger partial charge in [-0.1, -0.05) is 33.8 Å². The van der Waals surface area contributed by atoms with E-state index in [1.807, 2.05) is 36.1 Å². The fourth-order valence-electron chi connectivity index (χ4n) is 5.46. The van der Waals surface area contributed by atoms with Gasteiger partial charge >= 0.3 is 5.97 Å². The van der Waals surface area contributed by atoms with E-state index in [0.29, 0.717) is 17.5 Å². The van der Waals surface area contributed by atoms with Gasteiger partial charge in [0, 0.05) is 28.6 Å². The van der Waals surface area contributed by atoms with E-state index < -0.39 is 5.97 Å². The Kier molecular flexibility index (Phi) is 8.08. The van der Waals surface area contributed by atoms with Crippen LogP contribution in [0.5, 0.6) is 5.88 Å². The molecule has 2 aliphatic carbocycles. The molecule has 1 N–H and O–H groups in total. The third-order valence-electron chi connectivity index (χ3n) is 7.67. The number of rotatable bonds is 6. The smallest absolute Gasteiger partial charge is 0.348 e. The van der Waals surface area contributed by atoms with Gasteiger partial charge in [0.25, 0.3) is 0 Å². The number of amides is 1. The Bertz CT molecular complexity index is 1070. The number of aryl methyl sites for hydroxylation is 1. The van der Waals surface area contributed by atoms with Crippen molar-refractivity contribution in [1.29, 1.82) is 0 Å². The lowest BCUT2D eigenvalue weighted by atomic mass is 9.81. The Morgan fingerprint density at radius 3 is 2.31 bits per heavy atom. The van der Waals surface area contributed by atoms with Crippen LogP contribution in [0.25, 0.3) is 0 Å². The van der Waals surface area contributed by atoms with E-state index in [2.05, 4.69) is 32.7 Å². The third-order valence-corrected chi connectivity index (χ3v) is 9.21. The summed E-state index contributed by atoms with van der Waals surface area (Å²) in [4.78, 5) is 34.0. The second-order valence-electron chi connectivity index (χ2n) is 11.7. The molecular weight excluding hydrogens is 472 g/mol. The van der Waals surface area contributed by atoms with Crippen LogP contribution in [0.4, 0.5) is 5.69 Å². The fraction of sp³-hybridized carbons (Fsp3) is 0.621. The number of carboxylic acid groups (broad SMARTS) is 1. The normalized spacial score (nSPS) is 24.8. The molecule has 2 aromatic heterocycles. The lowest BCUT2D eigenvalue weighted by Crippen LogP contribution is -2.47. The lowest BCUT2D eigenvalue weighted by Gasteiger charge is -2.39. The number of thiophene rings is 1. The average molecular weight is 513 g/mol. The number of hydrogen-bond donors (Lipinski definition) is 1. The minimum atomic E-state index is -0.955. The number of aromatic carboxylic acids is 1. The molecule has 2 fully saturated rings. The quantitative estimate of drug-likeness (QED) is 0.451. The molecule has 7 heteroatoms. The van der Waals surface area contributed by atoms with E-state index in [-0.39, 0.29) is 34.3 Å². The second kappa shape index (κ2) is 10.9. The standard InChI is InChI=1S/C29H40N2O4S/c1-18-9-11-20(12-10-18)27(32)31(23-17-24(29(3,4)5)36-26(23)28(33)34)21-13-15-22(16-14-21)35-25-8-6-7-19(2)30-25/h6-8,17-18,20-22H,9-16H2,1-5H3,(H,33,34). The molecule has 0 spiro atoms. The summed E-state index contributed by atoms with van der Waals surface area (Å²) in [6.07, 6.45) is 7.10. The number of carbonyl (C=O) groups excluding carboxylic acids is 1. The Morgan fingerprint density at radius 2 is 1.72 bits per heavy atom. The molecule has 0 aliphatic heterocycles. The van der Waals surface area contributed by atoms with Crippen molar-refractivity contribution >= 4 is 28.9 Å². The van der Waals surface area contributed by atoms with Gasteiger partial charge in [-0.25, -0.2) is 9.78 Å². The van der Waals surface area contributed by atoms with E-state index in [1.54, 1.807) is 0 Å². The van der Waals surface area contributed by atoms with E-state index >= 15 is 0 Å². The highest BCUT2D eigenvalue weighted by Gasteiger charge is 2.38. The van der Waals surface area contributed by atoms with Gasteiger partial charge in [-0.3, -0.25) is 4.79 Å². The maximum Gasteiger partial charge on any atom is 0.348 e. The molecule has 0 bridgehead atoms. The maximum atomic E-state index is 14.0. The van der Waals surface area contributed by atoms with Gasteiger partial charge in [0.05, 0.1) is 5.69 Å². The van der Waals surface area contributed by atoms with Gasteiger partial charge in [-0.05, 0) is 81.8 Å². The molecule has 2 aromatic rings. The number of anilines is 1. The average Bonchev–Trinajstić information content (AvgIpc) is 3.27. The SMILES string of the molecule is Cc1cccc(OC2CCC(N(C(=O)C3CCC(C)CC3)c3cc(C(C)(C)C)sc3C(=O)O)CC2)n1. The van der Waals surface area contributed by atoms with Gasteiger partial charge in [0.1, 0.15) is 11.0 Å². The minimum absolute atomic E-state index is 0.0253. The molecule has 4 rings (SSSR count). The molecule has 2 heterocycles. The number of carboxylic acids is 1. The third kappa shape index (κ3) is 6.10. The first kappa shape index (κ1) is 26.6. The van der Waals surface area contributed by atoms with Crippen LogP contribution in [0.2, 0.25) is 0 Å². The van der Waals surface area contributed by atoms with Crippen LogP contribution in [0.1, 0.15) is 99.3 Å². The Hall–Kier alpha value is -2.41. The summed E-state index contributed by atoms with van der Waals surface area (Å²) in [6, 6.07) is 7.73. The van der Waals surface area contributed by atoms with E-state index in [0.717, 1.165) is 61.9 Å².